The average molecular weight is 1120 g/mol. The molecule has 4 N–H and O–H groups in total. The van der Waals surface area contributed by atoms with Crippen LogP contribution < -0.4 is 29.6 Å². The van der Waals surface area contributed by atoms with Crippen LogP contribution in [0.15, 0.2) is 64.0 Å². The minimum Gasteiger partial charge on any atom is -0.747 e. The van der Waals surface area contributed by atoms with Crippen LogP contribution in [0.25, 0.3) is 0 Å². The predicted molar refractivity (Wildman–Crippen MR) is 304 cm³/mol. The first kappa shape index (κ1) is 65.0. The SMILES string of the molecule is C.CCO.CCOC(=O)[C@]1(C)CC[C@]2(C)CC[C@]3(C)C4=CC(S(=O)(=O)[O-])c5c(cc(O)c(O)c5C)[C@]4(C)CC[C@@]3(C)[C@@H]2C1.CCOC(=O)[C@]1(C)CC[C@]2(C)CC[C@]3(C)C4=CC=C5C(=CC(=O)C(O)=C5C)[C@]4(C)CC[C@@]3(C)[C@@H]2C1.[Na+]. The molecule has 6 saturated carbocycles. The van der Waals surface area contributed by atoms with Crippen LogP contribution in [0.5, 0.6) is 11.5 Å². The number of rotatable bonds is 5. The van der Waals surface area contributed by atoms with E-state index in [1.54, 1.807) is 26.0 Å². The molecule has 0 bridgehead atoms. The van der Waals surface area contributed by atoms with Crippen molar-refractivity contribution in [2.75, 3.05) is 19.8 Å². The first-order valence-corrected chi connectivity index (χ1v) is 30.3. The van der Waals surface area contributed by atoms with Crippen LogP contribution in [0, 0.1) is 67.5 Å². The molecule has 1 aromatic rings. The van der Waals surface area contributed by atoms with Crippen molar-refractivity contribution in [2.45, 2.75) is 212 Å². The van der Waals surface area contributed by atoms with Gasteiger partial charge in [-0.05, 0) is 223 Å². The van der Waals surface area contributed by atoms with Crippen molar-refractivity contribution in [3.63, 3.8) is 0 Å². The zero-order valence-corrected chi connectivity index (χ0v) is 52.9. The Labute approximate surface area is 495 Å². The second-order valence-corrected chi connectivity index (χ2v) is 29.2. The third kappa shape index (κ3) is 9.54. The number of aliphatic hydroxyl groups is 2. The molecule has 1 aromatic carbocycles. The molecule has 0 aromatic heterocycles. The fraction of sp³-hybridized carbons (Fsp3) is 0.708. The second-order valence-electron chi connectivity index (χ2n) is 27.7. The third-order valence-corrected chi connectivity index (χ3v) is 24.8. The molecule has 0 aliphatic heterocycles. The zero-order chi connectivity index (χ0) is 57.3. The molecular weight excluding hydrogens is 1030 g/mol. The van der Waals surface area contributed by atoms with Crippen LogP contribution in [0.1, 0.15) is 216 Å². The van der Waals surface area contributed by atoms with Gasteiger partial charge in [-0.1, -0.05) is 92.2 Å². The number of carbonyl (C=O) groups excluding carboxylic acids is 3. The Bertz CT molecular complexity index is 2930. The molecule has 0 spiro atoms. The Balaban J connectivity index is 0.000000239. The summed E-state index contributed by atoms with van der Waals surface area (Å²) in [4.78, 5) is 38.8. The monoisotopic (exact) mass is 1120 g/mol. The smallest absolute Gasteiger partial charge is 0.747 e. The molecule has 79 heavy (non-hydrogen) atoms. The molecule has 9 aliphatic carbocycles. The van der Waals surface area contributed by atoms with E-state index in [0.29, 0.717) is 48.7 Å². The van der Waals surface area contributed by atoms with Gasteiger partial charge in [-0.2, -0.15) is 0 Å². The number of ketones is 1. The summed E-state index contributed by atoms with van der Waals surface area (Å²) < 4.78 is 49.3. The molecule has 0 radical (unpaired) electrons. The van der Waals surface area contributed by atoms with E-state index < -0.39 is 37.0 Å². The Kier molecular flexibility index (Phi) is 17.6. The van der Waals surface area contributed by atoms with Gasteiger partial charge in [0.25, 0.3) is 0 Å². The number of hydrogen-bond acceptors (Lipinski definition) is 12. The van der Waals surface area contributed by atoms with Gasteiger partial charge in [0.2, 0.25) is 5.78 Å². The van der Waals surface area contributed by atoms with Gasteiger partial charge in [0.1, 0.15) is 10.1 Å². The number of aliphatic hydroxyl groups excluding tert-OH is 2. The van der Waals surface area contributed by atoms with Crippen LogP contribution >= 0.6 is 0 Å². The van der Waals surface area contributed by atoms with E-state index in [1.807, 2.05) is 27.7 Å². The van der Waals surface area contributed by atoms with Gasteiger partial charge in [-0.3, -0.25) is 14.4 Å². The quantitative estimate of drug-likeness (QED) is 0.0714. The summed E-state index contributed by atoms with van der Waals surface area (Å²) in [7, 11) is -4.80. The van der Waals surface area contributed by atoms with Gasteiger partial charge in [0.15, 0.2) is 17.3 Å². The van der Waals surface area contributed by atoms with Crippen molar-refractivity contribution >= 4 is 27.8 Å². The molecule has 1 unspecified atom stereocenters. The van der Waals surface area contributed by atoms with Crippen molar-refractivity contribution in [3.8, 4) is 11.5 Å². The van der Waals surface area contributed by atoms with E-state index in [2.05, 4.69) is 74.5 Å². The van der Waals surface area contributed by atoms with Gasteiger partial charge < -0.3 is 34.5 Å². The minimum absolute atomic E-state index is 0. The zero-order valence-electron chi connectivity index (χ0n) is 50.1. The Morgan fingerprint density at radius 1 is 0.671 bits per heavy atom. The number of carbonyl (C=O) groups is 3. The summed E-state index contributed by atoms with van der Waals surface area (Å²) in [5.41, 5.74) is 4.11. The number of aromatic hydroxyl groups is 2. The Morgan fingerprint density at radius 2 is 1.11 bits per heavy atom. The molecule has 12 nitrogen and oxygen atoms in total. The van der Waals surface area contributed by atoms with Gasteiger partial charge in [0, 0.05) is 23.0 Å². The van der Waals surface area contributed by atoms with E-state index in [0.717, 1.165) is 93.8 Å². The number of phenols is 2. The first-order valence-electron chi connectivity index (χ1n) is 28.8. The second kappa shape index (κ2) is 21.5. The van der Waals surface area contributed by atoms with Crippen molar-refractivity contribution in [1.29, 1.82) is 0 Å². The van der Waals surface area contributed by atoms with E-state index in [1.165, 1.54) is 11.6 Å². The topological polar surface area (TPSA) is 208 Å². The van der Waals surface area contributed by atoms with Gasteiger partial charge >= 0.3 is 41.5 Å². The number of allylic oxidation sites excluding steroid dienone is 8. The van der Waals surface area contributed by atoms with Crippen LogP contribution in [0.4, 0.5) is 0 Å². The average Bonchev–Trinajstić information content (AvgIpc) is 3.56. The predicted octanol–water partition coefficient (Wildman–Crippen LogP) is 11.0. The molecule has 434 valence electrons. The van der Waals surface area contributed by atoms with Gasteiger partial charge in [-0.25, -0.2) is 8.42 Å². The largest absolute Gasteiger partial charge is 1.00 e. The molecule has 0 heterocycles. The van der Waals surface area contributed by atoms with E-state index in [-0.39, 0.29) is 123 Å². The van der Waals surface area contributed by atoms with Gasteiger partial charge in [-0.15, -0.1) is 0 Å². The Hall–Kier alpha value is -3.20. The summed E-state index contributed by atoms with van der Waals surface area (Å²) in [5.74, 6) is -0.623. The van der Waals surface area contributed by atoms with Crippen molar-refractivity contribution in [2.24, 2.45) is 60.6 Å². The summed E-state index contributed by atoms with van der Waals surface area (Å²) in [6.45, 7) is 32.7. The minimum atomic E-state index is -4.80. The molecule has 6 fully saturated rings. The maximum atomic E-state index is 13.1. The molecule has 0 saturated heterocycles. The number of esters is 2. The van der Waals surface area contributed by atoms with Crippen LogP contribution in [-0.2, 0) is 39.4 Å². The summed E-state index contributed by atoms with van der Waals surface area (Å²) in [5, 5.41) is 37.5. The van der Waals surface area contributed by atoms with Gasteiger partial charge in [0.05, 0.1) is 29.3 Å². The molecular formula is C65H95NaO12S. The van der Waals surface area contributed by atoms with Crippen molar-refractivity contribution < 1.29 is 86.8 Å². The van der Waals surface area contributed by atoms with E-state index >= 15 is 0 Å². The first-order chi connectivity index (χ1) is 35.5. The van der Waals surface area contributed by atoms with Crippen LogP contribution in [-0.4, -0.2) is 70.9 Å². The summed E-state index contributed by atoms with van der Waals surface area (Å²) in [6, 6.07) is 1.47. The van der Waals surface area contributed by atoms with Crippen molar-refractivity contribution in [3.05, 3.63) is 80.7 Å². The maximum absolute atomic E-state index is 13.1. The molecule has 9 aliphatic rings. The fourth-order valence-corrected chi connectivity index (χ4v) is 19.3. The molecule has 0 amide bonds. The van der Waals surface area contributed by atoms with E-state index in [9.17, 15) is 42.7 Å². The van der Waals surface area contributed by atoms with Crippen molar-refractivity contribution in [1.82, 2.24) is 0 Å². The summed E-state index contributed by atoms with van der Waals surface area (Å²) in [6.07, 6.45) is 20.8. The normalized spacial score (nSPS) is 40.5. The number of hydrogen-bond donors (Lipinski definition) is 4. The van der Waals surface area contributed by atoms with Crippen LogP contribution in [0.2, 0.25) is 0 Å². The standard InChI is InChI=1S/C31H44O7S.C31H42O4.C2H6O.CH4.Na/c1-8-38-26(34)28(4)10-9-27(3)11-13-30(6)22-16-21(39(35,36)37)24-18(2)25(33)20(32)15-19(24)29(22,5)12-14-31(30,7)23(27)17-28;1-8-35-26(34)28(4)12-11-27(3)13-15-30(6)23-10-9-20-19(2)25(33)22(32)17-21(20)29(23,5)14-16-31(30,7)24(27)18-28;1-2-3;;/h15-16,21,23,32-33H,8-14,17H2,1-7H3,(H,35,36,37);9-10,17,24,33H,8,11-16,18H2,1-7H3;3H,2H2,1H3;1H4;/q;;;;+1/p-1/t21?,23-,27-,28-,29+,30-,31+;24-,27-,28-,29+,30-,31+;;;/m11.../s1. The molecule has 14 heteroatoms. The van der Waals surface area contributed by atoms with Crippen LogP contribution in [0.3, 0.4) is 0 Å². The molecule has 10 rings (SSSR count). The van der Waals surface area contributed by atoms with E-state index in [4.69, 9.17) is 14.6 Å². The Morgan fingerprint density at radius 3 is 1.57 bits per heavy atom. The number of benzene rings is 1. The third-order valence-electron chi connectivity index (χ3n) is 23.8. The number of ether oxygens (including phenoxy) is 2. The summed E-state index contributed by atoms with van der Waals surface area (Å²) >= 11 is 0. The number of phenolic OH excluding ortho intramolecular Hbond substituents is 2. The maximum Gasteiger partial charge on any atom is 1.00 e. The number of fused-ring (bicyclic) bond motifs is 14. The molecule has 13 atom stereocenters. The fourth-order valence-electron chi connectivity index (χ4n) is 18.4.